The maximum atomic E-state index is 12.8. The van der Waals surface area contributed by atoms with Crippen molar-refractivity contribution in [1.29, 1.82) is 0 Å². The molecule has 2 unspecified atom stereocenters. The van der Waals surface area contributed by atoms with Gasteiger partial charge in [-0.2, -0.15) is 0 Å². The van der Waals surface area contributed by atoms with Crippen molar-refractivity contribution in [3.63, 3.8) is 0 Å². The summed E-state index contributed by atoms with van der Waals surface area (Å²) in [6, 6.07) is 5.93. The van der Waals surface area contributed by atoms with Crippen LogP contribution in [0.15, 0.2) is 34.9 Å². The Labute approximate surface area is 120 Å². The molecule has 1 aromatic carbocycles. The van der Waals surface area contributed by atoms with Gasteiger partial charge in [0.15, 0.2) is 5.82 Å². The van der Waals surface area contributed by atoms with Crippen LogP contribution in [0.5, 0.6) is 0 Å². The van der Waals surface area contributed by atoms with E-state index in [-0.39, 0.29) is 11.6 Å². The molecule has 2 amide bonds. The molecule has 0 radical (unpaired) electrons. The third-order valence-corrected chi connectivity index (χ3v) is 2.91. The van der Waals surface area contributed by atoms with Crippen molar-refractivity contribution in [2.45, 2.75) is 26.0 Å². The SMILES string of the molecule is Cc1cc(NC(=O)NC(C)C(O)c2ccc(F)cc2)no1. The molecule has 2 rings (SSSR count). The van der Waals surface area contributed by atoms with E-state index in [2.05, 4.69) is 15.8 Å². The van der Waals surface area contributed by atoms with Crippen molar-refractivity contribution in [3.05, 3.63) is 47.5 Å². The predicted octanol–water partition coefficient (Wildman–Crippen LogP) is 2.37. The number of nitrogens with one attached hydrogen (secondary N) is 2. The monoisotopic (exact) mass is 293 g/mol. The molecule has 2 atom stereocenters. The molecule has 7 heteroatoms. The second-order valence-electron chi connectivity index (χ2n) is 4.71. The van der Waals surface area contributed by atoms with Crippen LogP contribution in [0.2, 0.25) is 0 Å². The van der Waals surface area contributed by atoms with Crippen LogP contribution < -0.4 is 10.6 Å². The van der Waals surface area contributed by atoms with E-state index in [9.17, 15) is 14.3 Å². The first kappa shape index (κ1) is 15.0. The topological polar surface area (TPSA) is 87.4 Å². The number of hydrogen-bond acceptors (Lipinski definition) is 4. The van der Waals surface area contributed by atoms with Gasteiger partial charge in [-0.05, 0) is 31.5 Å². The minimum atomic E-state index is -0.949. The number of rotatable bonds is 4. The summed E-state index contributed by atoms with van der Waals surface area (Å²) in [7, 11) is 0. The first-order chi connectivity index (χ1) is 9.95. The maximum Gasteiger partial charge on any atom is 0.320 e. The Kier molecular flexibility index (Phi) is 4.54. The van der Waals surface area contributed by atoms with E-state index in [4.69, 9.17) is 4.52 Å². The first-order valence-corrected chi connectivity index (χ1v) is 6.40. The molecule has 0 saturated carbocycles. The summed E-state index contributed by atoms with van der Waals surface area (Å²) in [4.78, 5) is 11.7. The number of aliphatic hydroxyl groups excluding tert-OH is 1. The number of carbonyl (C=O) groups excluding carboxylic acids is 1. The molecule has 0 spiro atoms. The van der Waals surface area contributed by atoms with E-state index in [0.29, 0.717) is 11.3 Å². The number of amides is 2. The number of aliphatic hydroxyl groups is 1. The summed E-state index contributed by atoms with van der Waals surface area (Å²) in [5, 5.41) is 18.8. The fraction of sp³-hybridized carbons (Fsp3) is 0.286. The maximum absolute atomic E-state index is 12.8. The number of benzene rings is 1. The number of aryl methyl sites for hydroxylation is 1. The lowest BCUT2D eigenvalue weighted by molar-refractivity contribution is 0.139. The molecule has 6 nitrogen and oxygen atoms in total. The van der Waals surface area contributed by atoms with Crippen molar-refractivity contribution in [2.24, 2.45) is 0 Å². The van der Waals surface area contributed by atoms with E-state index < -0.39 is 18.2 Å². The lowest BCUT2D eigenvalue weighted by Gasteiger charge is -2.20. The zero-order valence-corrected chi connectivity index (χ0v) is 11.6. The highest BCUT2D eigenvalue weighted by molar-refractivity contribution is 5.88. The van der Waals surface area contributed by atoms with Crippen molar-refractivity contribution in [1.82, 2.24) is 10.5 Å². The third-order valence-electron chi connectivity index (χ3n) is 2.91. The number of urea groups is 1. The van der Waals surface area contributed by atoms with Gasteiger partial charge in [0.2, 0.25) is 0 Å². The number of hydrogen-bond donors (Lipinski definition) is 3. The minimum absolute atomic E-state index is 0.286. The second-order valence-corrected chi connectivity index (χ2v) is 4.71. The molecular formula is C14H16FN3O3. The number of carbonyl (C=O) groups is 1. The molecule has 0 fully saturated rings. The molecular weight excluding hydrogens is 277 g/mol. The average Bonchev–Trinajstić information content (AvgIpc) is 2.83. The first-order valence-electron chi connectivity index (χ1n) is 6.40. The highest BCUT2D eigenvalue weighted by Crippen LogP contribution is 2.17. The van der Waals surface area contributed by atoms with Gasteiger partial charge in [0.1, 0.15) is 11.6 Å². The molecule has 2 aromatic rings. The van der Waals surface area contributed by atoms with E-state index >= 15 is 0 Å². The Morgan fingerprint density at radius 2 is 2.05 bits per heavy atom. The van der Waals surface area contributed by atoms with Gasteiger partial charge in [0.25, 0.3) is 0 Å². The van der Waals surface area contributed by atoms with Crippen molar-refractivity contribution in [2.75, 3.05) is 5.32 Å². The molecule has 21 heavy (non-hydrogen) atoms. The number of anilines is 1. The Balaban J connectivity index is 1.92. The Hall–Kier alpha value is -2.41. The standard InChI is InChI=1S/C14H16FN3O3/c1-8-7-12(18-21-8)17-14(20)16-9(2)13(19)10-3-5-11(15)6-4-10/h3-7,9,13,19H,1-2H3,(H2,16,17,18,20). The van der Waals surface area contributed by atoms with Crippen molar-refractivity contribution < 1.29 is 18.8 Å². The van der Waals surface area contributed by atoms with Crippen LogP contribution in [0.4, 0.5) is 15.0 Å². The quantitative estimate of drug-likeness (QED) is 0.807. The normalized spacial score (nSPS) is 13.5. The van der Waals surface area contributed by atoms with Gasteiger partial charge in [0.05, 0.1) is 12.1 Å². The molecule has 0 aliphatic heterocycles. The average molecular weight is 293 g/mol. The van der Waals surface area contributed by atoms with Gasteiger partial charge in [0, 0.05) is 6.07 Å². The van der Waals surface area contributed by atoms with E-state index in [1.165, 1.54) is 24.3 Å². The summed E-state index contributed by atoms with van der Waals surface area (Å²) >= 11 is 0. The highest BCUT2D eigenvalue weighted by Gasteiger charge is 2.19. The van der Waals surface area contributed by atoms with Crippen LogP contribution in [0.3, 0.4) is 0 Å². The molecule has 112 valence electrons. The predicted molar refractivity (Wildman–Crippen MR) is 74.2 cm³/mol. The zero-order chi connectivity index (χ0) is 15.4. The van der Waals surface area contributed by atoms with E-state index in [0.717, 1.165) is 0 Å². The molecule has 0 saturated heterocycles. The summed E-state index contributed by atoms with van der Waals surface area (Å²) in [6.45, 7) is 3.35. The Morgan fingerprint density at radius 3 is 2.62 bits per heavy atom. The molecule has 0 aliphatic carbocycles. The summed E-state index contributed by atoms with van der Waals surface area (Å²) in [5.41, 5.74) is 0.515. The smallest absolute Gasteiger partial charge is 0.320 e. The summed E-state index contributed by atoms with van der Waals surface area (Å²) < 4.78 is 17.6. The van der Waals surface area contributed by atoms with Crippen LogP contribution in [0, 0.1) is 12.7 Å². The van der Waals surface area contributed by atoms with Crippen LogP contribution in [-0.4, -0.2) is 22.3 Å². The fourth-order valence-electron chi connectivity index (χ4n) is 1.81. The number of aromatic nitrogens is 1. The minimum Gasteiger partial charge on any atom is -0.386 e. The molecule has 3 N–H and O–H groups in total. The zero-order valence-electron chi connectivity index (χ0n) is 11.6. The lowest BCUT2D eigenvalue weighted by atomic mass is 10.0. The summed E-state index contributed by atoms with van der Waals surface area (Å²) in [5.74, 6) is 0.476. The number of nitrogens with zero attached hydrogens (tertiary/aromatic N) is 1. The van der Waals surface area contributed by atoms with Crippen molar-refractivity contribution in [3.8, 4) is 0 Å². The van der Waals surface area contributed by atoms with Gasteiger partial charge in [-0.1, -0.05) is 17.3 Å². The van der Waals surface area contributed by atoms with Crippen molar-refractivity contribution >= 4 is 11.8 Å². The van der Waals surface area contributed by atoms with Crippen LogP contribution in [0.1, 0.15) is 24.4 Å². The van der Waals surface area contributed by atoms with E-state index in [1.807, 2.05) is 0 Å². The highest BCUT2D eigenvalue weighted by atomic mass is 19.1. The van der Waals surface area contributed by atoms with Gasteiger partial charge < -0.3 is 14.9 Å². The molecule has 1 aromatic heterocycles. The largest absolute Gasteiger partial charge is 0.386 e. The van der Waals surface area contributed by atoms with Crippen LogP contribution in [-0.2, 0) is 0 Å². The summed E-state index contributed by atoms with van der Waals surface area (Å²) in [6.07, 6.45) is -0.949. The van der Waals surface area contributed by atoms with Gasteiger partial charge in [-0.15, -0.1) is 0 Å². The van der Waals surface area contributed by atoms with Gasteiger partial charge in [-0.3, -0.25) is 5.32 Å². The number of halogens is 1. The van der Waals surface area contributed by atoms with Gasteiger partial charge >= 0.3 is 6.03 Å². The van der Waals surface area contributed by atoms with E-state index in [1.54, 1.807) is 19.9 Å². The Morgan fingerprint density at radius 1 is 1.38 bits per heavy atom. The Bertz CT molecular complexity index is 612. The fourth-order valence-corrected chi connectivity index (χ4v) is 1.81. The lowest BCUT2D eigenvalue weighted by Crippen LogP contribution is -2.39. The molecule has 0 aliphatic rings. The third kappa shape index (κ3) is 4.03. The van der Waals surface area contributed by atoms with Crippen LogP contribution in [0.25, 0.3) is 0 Å². The molecule has 0 bridgehead atoms. The molecule has 1 heterocycles. The second kappa shape index (κ2) is 6.36. The van der Waals surface area contributed by atoms with Gasteiger partial charge in [-0.25, -0.2) is 9.18 Å². The van der Waals surface area contributed by atoms with Crippen LogP contribution >= 0.6 is 0 Å².